The maximum absolute atomic E-state index is 9.40. The number of aromatic nitrogens is 3. The van der Waals surface area contributed by atoms with E-state index in [1.165, 1.54) is 16.8 Å². The van der Waals surface area contributed by atoms with Gasteiger partial charge in [0.2, 0.25) is 5.95 Å². The van der Waals surface area contributed by atoms with Crippen LogP contribution in [-0.2, 0) is 13.5 Å². The summed E-state index contributed by atoms with van der Waals surface area (Å²) in [7, 11) is 2.09. The van der Waals surface area contributed by atoms with Gasteiger partial charge in [-0.05, 0) is 56.8 Å². The maximum atomic E-state index is 9.40. The van der Waals surface area contributed by atoms with Crippen molar-refractivity contribution in [2.24, 2.45) is 13.0 Å². The molecule has 160 valence electrons. The van der Waals surface area contributed by atoms with Gasteiger partial charge in [0.25, 0.3) is 0 Å². The molecule has 30 heavy (non-hydrogen) atoms. The van der Waals surface area contributed by atoms with Gasteiger partial charge in [-0.25, -0.2) is 9.97 Å². The average molecular weight is 408 g/mol. The summed E-state index contributed by atoms with van der Waals surface area (Å²) >= 11 is 0. The van der Waals surface area contributed by atoms with E-state index in [-0.39, 0.29) is 5.76 Å². The maximum Gasteiger partial charge on any atom is 0.225 e. The first-order valence-electron chi connectivity index (χ1n) is 10.6. The van der Waals surface area contributed by atoms with Gasteiger partial charge in [-0.15, -0.1) is 0 Å². The van der Waals surface area contributed by atoms with E-state index in [2.05, 4.69) is 63.3 Å². The normalized spacial score (nSPS) is 15.1. The number of piperidine rings is 1. The van der Waals surface area contributed by atoms with Gasteiger partial charge in [0.15, 0.2) is 0 Å². The first-order valence-corrected chi connectivity index (χ1v) is 10.6. The summed E-state index contributed by atoms with van der Waals surface area (Å²) in [6.45, 7) is 13.5. The summed E-state index contributed by atoms with van der Waals surface area (Å²) in [4.78, 5) is 10.9. The molecule has 0 amide bonds. The Morgan fingerprint density at radius 3 is 2.60 bits per heavy atom. The lowest BCUT2D eigenvalue weighted by atomic mass is 9.97. The third-order valence-corrected chi connectivity index (χ3v) is 5.75. The fourth-order valence-corrected chi connectivity index (χ4v) is 4.03. The predicted molar refractivity (Wildman–Crippen MR) is 125 cm³/mol. The zero-order valence-electron chi connectivity index (χ0n) is 18.1. The molecule has 2 N–H and O–H groups in total. The third-order valence-electron chi connectivity index (χ3n) is 5.75. The van der Waals surface area contributed by atoms with Crippen molar-refractivity contribution < 1.29 is 5.11 Å². The number of allylic oxidation sites excluding steroid dienone is 1. The number of rotatable bonds is 9. The lowest BCUT2D eigenvalue weighted by molar-refractivity contribution is 0.381. The molecule has 1 aliphatic rings. The van der Waals surface area contributed by atoms with Crippen molar-refractivity contribution in [1.29, 1.82) is 0 Å². The number of aliphatic hydroxyl groups excluding tert-OH is 1. The number of nitrogens with zero attached hydrogens (tertiary/aromatic N) is 4. The van der Waals surface area contributed by atoms with Crippen LogP contribution < -0.4 is 10.2 Å². The van der Waals surface area contributed by atoms with Crippen molar-refractivity contribution in [1.82, 2.24) is 19.9 Å². The van der Waals surface area contributed by atoms with Crippen molar-refractivity contribution in [3.63, 3.8) is 0 Å². The van der Waals surface area contributed by atoms with Gasteiger partial charge >= 0.3 is 0 Å². The molecular formula is C24H33N5O. The molecule has 0 saturated carbocycles. The van der Waals surface area contributed by atoms with Crippen LogP contribution in [0.4, 0.5) is 5.95 Å². The van der Waals surface area contributed by atoms with E-state index in [9.17, 15) is 5.11 Å². The standard InChI is InChI=1S/C24H33N5O/c1-5-7-23-22(6-2)20(17-28(23)4)8-11-25-14-19-9-12-29(13-10-19)24-26-15-21(16-27-24)18(3)30/h5-7,15-17,19,25,30H,2-3,8-14H2,1,4H3/b7-5-. The van der Waals surface area contributed by atoms with Gasteiger partial charge in [0.05, 0.1) is 5.56 Å². The molecule has 0 atom stereocenters. The van der Waals surface area contributed by atoms with Gasteiger partial charge in [0, 0.05) is 50.0 Å². The van der Waals surface area contributed by atoms with E-state index in [1.54, 1.807) is 12.4 Å². The van der Waals surface area contributed by atoms with E-state index < -0.39 is 0 Å². The quantitative estimate of drug-likeness (QED) is 0.485. The monoisotopic (exact) mass is 407 g/mol. The fraction of sp³-hybridized carbons (Fsp3) is 0.417. The number of hydrogen-bond acceptors (Lipinski definition) is 5. The zero-order valence-corrected chi connectivity index (χ0v) is 18.1. The van der Waals surface area contributed by atoms with Crippen molar-refractivity contribution in [3.8, 4) is 0 Å². The molecule has 6 nitrogen and oxygen atoms in total. The SMILES string of the molecule is C=Cc1c(CCNCC2CCN(c3ncc(C(=C)O)cn3)CC2)cn(C)c1/C=C\C. The van der Waals surface area contributed by atoms with Crippen LogP contribution in [0.5, 0.6) is 0 Å². The topological polar surface area (TPSA) is 66.2 Å². The molecule has 3 rings (SSSR count). The molecule has 0 aromatic carbocycles. The summed E-state index contributed by atoms with van der Waals surface area (Å²) in [6.07, 6.45) is 14.9. The molecule has 0 bridgehead atoms. The van der Waals surface area contributed by atoms with E-state index in [0.717, 1.165) is 51.4 Å². The van der Waals surface area contributed by atoms with Crippen LogP contribution in [0.15, 0.2) is 37.8 Å². The molecule has 1 aliphatic heterocycles. The van der Waals surface area contributed by atoms with Crippen LogP contribution in [0.1, 0.15) is 42.1 Å². The van der Waals surface area contributed by atoms with Gasteiger partial charge in [-0.3, -0.25) is 0 Å². The number of hydrogen-bond donors (Lipinski definition) is 2. The highest BCUT2D eigenvalue weighted by Gasteiger charge is 2.21. The fourth-order valence-electron chi connectivity index (χ4n) is 4.03. The second-order valence-corrected chi connectivity index (χ2v) is 7.87. The number of anilines is 1. The molecule has 1 fully saturated rings. The molecular weight excluding hydrogens is 374 g/mol. The van der Waals surface area contributed by atoms with E-state index in [4.69, 9.17) is 0 Å². The van der Waals surface area contributed by atoms with Crippen molar-refractivity contribution in [3.05, 3.63) is 60.2 Å². The highest BCUT2D eigenvalue weighted by atomic mass is 16.3. The minimum Gasteiger partial charge on any atom is -0.508 e. The van der Waals surface area contributed by atoms with Gasteiger partial charge in [0.1, 0.15) is 5.76 Å². The first-order chi connectivity index (χ1) is 14.5. The minimum atomic E-state index is 0.0000913. The third kappa shape index (κ3) is 5.19. The van der Waals surface area contributed by atoms with Crippen molar-refractivity contribution >= 4 is 23.9 Å². The molecule has 0 radical (unpaired) electrons. The Labute approximate surface area is 179 Å². The molecule has 3 heterocycles. The van der Waals surface area contributed by atoms with Crippen LogP contribution >= 0.6 is 0 Å². The largest absolute Gasteiger partial charge is 0.508 e. The Morgan fingerprint density at radius 2 is 2.00 bits per heavy atom. The van der Waals surface area contributed by atoms with Crippen LogP contribution in [0.25, 0.3) is 17.9 Å². The summed E-state index contributed by atoms with van der Waals surface area (Å²) in [5.41, 5.74) is 4.36. The smallest absolute Gasteiger partial charge is 0.225 e. The van der Waals surface area contributed by atoms with E-state index >= 15 is 0 Å². The molecule has 6 heteroatoms. The van der Waals surface area contributed by atoms with Gasteiger partial charge in [-0.2, -0.15) is 0 Å². The van der Waals surface area contributed by atoms with Gasteiger partial charge in [-0.1, -0.05) is 25.3 Å². The van der Waals surface area contributed by atoms with E-state index in [1.807, 2.05) is 13.0 Å². The minimum absolute atomic E-state index is 0.0000913. The van der Waals surface area contributed by atoms with Crippen LogP contribution in [0.3, 0.4) is 0 Å². The second kappa shape index (κ2) is 10.3. The molecule has 1 saturated heterocycles. The predicted octanol–water partition coefficient (Wildman–Crippen LogP) is 4.07. The van der Waals surface area contributed by atoms with E-state index in [0.29, 0.717) is 11.5 Å². The Hall–Kier alpha value is -2.86. The Balaban J connectivity index is 1.43. The summed E-state index contributed by atoms with van der Waals surface area (Å²) in [5, 5.41) is 13.0. The Morgan fingerprint density at radius 1 is 1.30 bits per heavy atom. The Bertz CT molecular complexity index is 889. The molecule has 0 unspecified atom stereocenters. The van der Waals surface area contributed by atoms with Crippen molar-refractivity contribution in [2.75, 3.05) is 31.1 Å². The lowest BCUT2D eigenvalue weighted by Gasteiger charge is -2.32. The zero-order chi connectivity index (χ0) is 21.5. The second-order valence-electron chi connectivity index (χ2n) is 7.87. The highest BCUT2D eigenvalue weighted by molar-refractivity contribution is 5.65. The summed E-state index contributed by atoms with van der Waals surface area (Å²) < 4.78 is 2.17. The average Bonchev–Trinajstić information content (AvgIpc) is 3.06. The Kier molecular flexibility index (Phi) is 7.46. The summed E-state index contributed by atoms with van der Waals surface area (Å²) in [5.74, 6) is 1.40. The number of aryl methyl sites for hydroxylation is 1. The lowest BCUT2D eigenvalue weighted by Crippen LogP contribution is -2.38. The molecule has 2 aromatic heterocycles. The molecule has 0 aliphatic carbocycles. The van der Waals surface area contributed by atoms with Gasteiger partial charge < -0.3 is 19.9 Å². The van der Waals surface area contributed by atoms with Crippen molar-refractivity contribution in [2.45, 2.75) is 26.2 Å². The molecule has 0 spiro atoms. The summed E-state index contributed by atoms with van der Waals surface area (Å²) in [6, 6.07) is 0. The molecule has 2 aromatic rings. The highest BCUT2D eigenvalue weighted by Crippen LogP contribution is 2.22. The number of nitrogens with one attached hydrogen (secondary N) is 1. The van der Waals surface area contributed by atoms with Crippen LogP contribution in [0.2, 0.25) is 0 Å². The number of aliphatic hydroxyl groups is 1. The first kappa shape index (κ1) is 21.8. The van der Waals surface area contributed by atoms with Crippen LogP contribution in [-0.4, -0.2) is 45.8 Å². The van der Waals surface area contributed by atoms with Crippen LogP contribution in [0, 0.1) is 5.92 Å².